The van der Waals surface area contributed by atoms with Crippen molar-refractivity contribution in [2.45, 2.75) is 20.0 Å². The van der Waals surface area contributed by atoms with Gasteiger partial charge in [0.05, 0.1) is 0 Å². The van der Waals surface area contributed by atoms with Gasteiger partial charge in [0.25, 0.3) is 5.91 Å². The minimum atomic E-state index is -0.663. The van der Waals surface area contributed by atoms with Crippen molar-refractivity contribution >= 4 is 5.91 Å². The third-order valence-electron chi connectivity index (χ3n) is 3.64. The van der Waals surface area contributed by atoms with E-state index >= 15 is 0 Å². The van der Waals surface area contributed by atoms with Crippen molar-refractivity contribution < 1.29 is 9.90 Å². The van der Waals surface area contributed by atoms with Gasteiger partial charge < -0.3 is 10.0 Å². The Bertz CT molecular complexity index is 574. The van der Waals surface area contributed by atoms with Crippen LogP contribution in [-0.2, 0) is 0 Å². The van der Waals surface area contributed by atoms with Gasteiger partial charge >= 0.3 is 0 Å². The molecule has 0 heterocycles. The third-order valence-corrected chi connectivity index (χ3v) is 3.64. The molecule has 1 atom stereocenters. The summed E-state index contributed by atoms with van der Waals surface area (Å²) in [6.07, 6.45) is -0.663. The molecule has 0 aliphatic carbocycles. The molecular weight excluding hydrogens is 262 g/mol. The third kappa shape index (κ3) is 3.50. The van der Waals surface area contributed by atoms with Crippen molar-refractivity contribution in [3.8, 4) is 0 Å². The number of aliphatic hydroxyl groups is 1. The lowest BCUT2D eigenvalue weighted by atomic mass is 10.0. The van der Waals surface area contributed by atoms with Crippen LogP contribution in [0.4, 0.5) is 0 Å². The molecule has 0 radical (unpaired) electrons. The number of carbonyl (C=O) groups is 1. The summed E-state index contributed by atoms with van der Waals surface area (Å²) in [5, 5.41) is 10.3. The van der Waals surface area contributed by atoms with Gasteiger partial charge in [0.2, 0.25) is 0 Å². The second kappa shape index (κ2) is 7.04. The SMILES string of the molecule is CCN(CC)C(=O)c1ccc([C@@H](O)c2ccccc2)cc1. The van der Waals surface area contributed by atoms with Crippen LogP contribution in [0, 0.1) is 0 Å². The van der Waals surface area contributed by atoms with Crippen molar-refractivity contribution in [1.82, 2.24) is 4.90 Å². The standard InChI is InChI=1S/C18H21NO2/c1-3-19(4-2)18(21)16-12-10-15(11-13-16)17(20)14-8-6-5-7-9-14/h5-13,17,20H,3-4H2,1-2H3/t17-/m0/s1. The molecule has 110 valence electrons. The summed E-state index contributed by atoms with van der Waals surface area (Å²) in [5.41, 5.74) is 2.29. The monoisotopic (exact) mass is 283 g/mol. The zero-order valence-electron chi connectivity index (χ0n) is 12.5. The van der Waals surface area contributed by atoms with E-state index in [-0.39, 0.29) is 5.91 Å². The summed E-state index contributed by atoms with van der Waals surface area (Å²) in [6.45, 7) is 5.33. The maximum atomic E-state index is 12.2. The van der Waals surface area contributed by atoms with Gasteiger partial charge in [-0.2, -0.15) is 0 Å². The van der Waals surface area contributed by atoms with Gasteiger partial charge in [-0.25, -0.2) is 0 Å². The lowest BCUT2D eigenvalue weighted by Crippen LogP contribution is -2.30. The number of rotatable bonds is 5. The van der Waals surface area contributed by atoms with E-state index < -0.39 is 6.10 Å². The van der Waals surface area contributed by atoms with Gasteiger partial charge in [-0.3, -0.25) is 4.79 Å². The van der Waals surface area contributed by atoms with Crippen LogP contribution in [0.15, 0.2) is 54.6 Å². The van der Waals surface area contributed by atoms with Crippen LogP contribution in [0.25, 0.3) is 0 Å². The Balaban J connectivity index is 2.17. The van der Waals surface area contributed by atoms with Crippen LogP contribution < -0.4 is 0 Å². The van der Waals surface area contributed by atoms with Crippen LogP contribution in [0.2, 0.25) is 0 Å². The number of hydrogen-bond acceptors (Lipinski definition) is 2. The van der Waals surface area contributed by atoms with Crippen LogP contribution in [0.3, 0.4) is 0 Å². The average molecular weight is 283 g/mol. The molecule has 0 spiro atoms. The molecule has 0 aromatic heterocycles. The summed E-state index contributed by atoms with van der Waals surface area (Å²) in [4.78, 5) is 14.0. The second-order valence-electron chi connectivity index (χ2n) is 4.91. The molecular formula is C18H21NO2. The molecule has 0 aliphatic heterocycles. The normalized spacial score (nSPS) is 12.0. The molecule has 1 N–H and O–H groups in total. The van der Waals surface area contributed by atoms with Gasteiger partial charge in [0.1, 0.15) is 6.10 Å². The van der Waals surface area contributed by atoms with E-state index in [1.54, 1.807) is 17.0 Å². The molecule has 2 aromatic rings. The van der Waals surface area contributed by atoms with E-state index in [2.05, 4.69) is 0 Å². The smallest absolute Gasteiger partial charge is 0.253 e. The minimum Gasteiger partial charge on any atom is -0.384 e. The molecule has 1 amide bonds. The Labute approximate surface area is 125 Å². The Morgan fingerprint density at radius 1 is 0.952 bits per heavy atom. The highest BCUT2D eigenvalue weighted by Gasteiger charge is 2.14. The summed E-state index contributed by atoms with van der Waals surface area (Å²) in [6, 6.07) is 16.7. The Morgan fingerprint density at radius 2 is 1.48 bits per heavy atom. The number of carbonyl (C=O) groups excluding carboxylic acids is 1. The van der Waals surface area contributed by atoms with Gasteiger partial charge in [-0.15, -0.1) is 0 Å². The first-order valence-electron chi connectivity index (χ1n) is 7.29. The molecule has 0 unspecified atom stereocenters. The van der Waals surface area contributed by atoms with E-state index in [4.69, 9.17) is 0 Å². The number of benzene rings is 2. The van der Waals surface area contributed by atoms with Gasteiger partial charge in [0, 0.05) is 18.7 Å². The highest BCUT2D eigenvalue weighted by atomic mass is 16.3. The fraction of sp³-hybridized carbons (Fsp3) is 0.278. The van der Waals surface area contributed by atoms with Gasteiger partial charge in [-0.05, 0) is 37.1 Å². The predicted octanol–water partition coefficient (Wildman–Crippen LogP) is 3.25. The number of hydrogen-bond donors (Lipinski definition) is 1. The second-order valence-corrected chi connectivity index (χ2v) is 4.91. The lowest BCUT2D eigenvalue weighted by molar-refractivity contribution is 0.0773. The zero-order valence-corrected chi connectivity index (χ0v) is 12.5. The van der Waals surface area contributed by atoms with Crippen LogP contribution in [0.5, 0.6) is 0 Å². The molecule has 0 saturated heterocycles. The summed E-state index contributed by atoms with van der Waals surface area (Å²) in [7, 11) is 0. The number of nitrogens with zero attached hydrogens (tertiary/aromatic N) is 1. The fourth-order valence-corrected chi connectivity index (χ4v) is 2.33. The van der Waals surface area contributed by atoms with Crippen LogP contribution in [0.1, 0.15) is 41.4 Å². The van der Waals surface area contributed by atoms with Crippen molar-refractivity contribution in [2.75, 3.05) is 13.1 Å². The largest absolute Gasteiger partial charge is 0.384 e. The molecule has 0 aliphatic rings. The average Bonchev–Trinajstić information content (AvgIpc) is 2.56. The molecule has 3 heteroatoms. The Kier molecular flexibility index (Phi) is 5.12. The minimum absolute atomic E-state index is 0.0285. The van der Waals surface area contributed by atoms with Gasteiger partial charge in [0.15, 0.2) is 0 Å². The number of amides is 1. The van der Waals surface area contributed by atoms with Crippen molar-refractivity contribution in [3.05, 3.63) is 71.3 Å². The summed E-state index contributed by atoms with van der Waals surface area (Å²) in [5.74, 6) is 0.0285. The maximum absolute atomic E-state index is 12.2. The molecule has 2 aromatic carbocycles. The van der Waals surface area contributed by atoms with Crippen molar-refractivity contribution in [2.24, 2.45) is 0 Å². The maximum Gasteiger partial charge on any atom is 0.253 e. The van der Waals surface area contributed by atoms with Crippen LogP contribution >= 0.6 is 0 Å². The van der Waals surface area contributed by atoms with E-state index in [9.17, 15) is 9.90 Å². The topological polar surface area (TPSA) is 40.5 Å². The van der Waals surface area contributed by atoms with Crippen LogP contribution in [-0.4, -0.2) is 29.0 Å². The molecule has 0 fully saturated rings. The molecule has 0 saturated carbocycles. The van der Waals surface area contributed by atoms with E-state index in [0.717, 1.165) is 11.1 Å². The summed E-state index contributed by atoms with van der Waals surface area (Å²) >= 11 is 0. The lowest BCUT2D eigenvalue weighted by Gasteiger charge is -2.19. The zero-order chi connectivity index (χ0) is 15.2. The first-order valence-corrected chi connectivity index (χ1v) is 7.29. The highest BCUT2D eigenvalue weighted by molar-refractivity contribution is 5.94. The van der Waals surface area contributed by atoms with Crippen molar-refractivity contribution in [3.63, 3.8) is 0 Å². The first-order chi connectivity index (χ1) is 10.2. The molecule has 0 bridgehead atoms. The quantitative estimate of drug-likeness (QED) is 0.915. The van der Waals surface area contributed by atoms with E-state index in [1.165, 1.54) is 0 Å². The van der Waals surface area contributed by atoms with Crippen molar-refractivity contribution in [1.29, 1.82) is 0 Å². The van der Waals surface area contributed by atoms with E-state index in [0.29, 0.717) is 18.7 Å². The molecule has 2 rings (SSSR count). The summed E-state index contributed by atoms with van der Waals surface area (Å²) < 4.78 is 0. The Morgan fingerprint density at radius 3 is 2.00 bits per heavy atom. The molecule has 3 nitrogen and oxygen atoms in total. The number of aliphatic hydroxyl groups excluding tert-OH is 1. The predicted molar refractivity (Wildman–Crippen MR) is 84.2 cm³/mol. The highest BCUT2D eigenvalue weighted by Crippen LogP contribution is 2.22. The fourth-order valence-electron chi connectivity index (χ4n) is 2.33. The first kappa shape index (κ1) is 15.3. The van der Waals surface area contributed by atoms with E-state index in [1.807, 2.05) is 56.3 Å². The molecule has 21 heavy (non-hydrogen) atoms. The Hall–Kier alpha value is -2.13. The van der Waals surface area contributed by atoms with Gasteiger partial charge in [-0.1, -0.05) is 42.5 Å².